The van der Waals surface area contributed by atoms with Crippen molar-refractivity contribution in [3.63, 3.8) is 0 Å². The van der Waals surface area contributed by atoms with Crippen LogP contribution in [0.5, 0.6) is 5.75 Å². The highest BCUT2D eigenvalue weighted by Gasteiger charge is 2.20. The number of rotatable bonds is 5. The third-order valence-electron chi connectivity index (χ3n) is 3.53. The SMILES string of the molecule is COc1c(CCC(N)=O)cc(C(C)(C)C)cc1C(C)C. The van der Waals surface area contributed by atoms with E-state index >= 15 is 0 Å². The first-order valence-corrected chi connectivity index (χ1v) is 7.16. The van der Waals surface area contributed by atoms with Crippen molar-refractivity contribution in [3.05, 3.63) is 28.8 Å². The molecule has 1 rings (SSSR count). The monoisotopic (exact) mass is 277 g/mol. The van der Waals surface area contributed by atoms with E-state index < -0.39 is 0 Å². The third-order valence-corrected chi connectivity index (χ3v) is 3.53. The van der Waals surface area contributed by atoms with Crippen molar-refractivity contribution in [3.8, 4) is 5.75 Å². The maximum Gasteiger partial charge on any atom is 0.217 e. The van der Waals surface area contributed by atoms with Crippen LogP contribution in [-0.4, -0.2) is 13.0 Å². The van der Waals surface area contributed by atoms with E-state index in [4.69, 9.17) is 10.5 Å². The molecule has 0 aliphatic rings. The second kappa shape index (κ2) is 6.29. The van der Waals surface area contributed by atoms with Gasteiger partial charge in [-0.2, -0.15) is 0 Å². The van der Waals surface area contributed by atoms with Crippen molar-refractivity contribution in [1.82, 2.24) is 0 Å². The lowest BCUT2D eigenvalue weighted by molar-refractivity contribution is -0.117. The van der Waals surface area contributed by atoms with Gasteiger partial charge in [0.15, 0.2) is 0 Å². The Morgan fingerprint density at radius 3 is 2.30 bits per heavy atom. The molecule has 0 atom stereocenters. The molecule has 0 spiro atoms. The summed E-state index contributed by atoms with van der Waals surface area (Å²) in [4.78, 5) is 11.1. The fraction of sp³-hybridized carbons (Fsp3) is 0.588. The van der Waals surface area contributed by atoms with E-state index in [0.29, 0.717) is 18.8 Å². The smallest absolute Gasteiger partial charge is 0.217 e. The van der Waals surface area contributed by atoms with Gasteiger partial charge in [0.2, 0.25) is 5.91 Å². The maximum atomic E-state index is 11.1. The van der Waals surface area contributed by atoms with Crippen molar-refractivity contribution in [2.24, 2.45) is 5.73 Å². The summed E-state index contributed by atoms with van der Waals surface area (Å²) in [5.74, 6) is 0.994. The average molecular weight is 277 g/mol. The Morgan fingerprint density at radius 2 is 1.90 bits per heavy atom. The lowest BCUT2D eigenvalue weighted by atomic mass is 9.82. The van der Waals surface area contributed by atoms with Crippen molar-refractivity contribution >= 4 is 5.91 Å². The van der Waals surface area contributed by atoms with Crippen LogP contribution in [0.4, 0.5) is 0 Å². The maximum absolute atomic E-state index is 11.1. The molecular weight excluding hydrogens is 250 g/mol. The minimum Gasteiger partial charge on any atom is -0.496 e. The predicted molar refractivity (Wildman–Crippen MR) is 83.3 cm³/mol. The van der Waals surface area contributed by atoms with E-state index in [9.17, 15) is 4.79 Å². The molecule has 20 heavy (non-hydrogen) atoms. The van der Waals surface area contributed by atoms with E-state index in [1.54, 1.807) is 7.11 Å². The van der Waals surface area contributed by atoms with E-state index in [1.165, 1.54) is 11.1 Å². The molecule has 1 aromatic carbocycles. The van der Waals surface area contributed by atoms with Crippen LogP contribution < -0.4 is 10.5 Å². The first-order valence-electron chi connectivity index (χ1n) is 7.16. The van der Waals surface area contributed by atoms with Gasteiger partial charge in [-0.1, -0.05) is 46.8 Å². The molecule has 0 radical (unpaired) electrons. The number of amides is 1. The Hall–Kier alpha value is -1.51. The first-order chi connectivity index (χ1) is 9.16. The van der Waals surface area contributed by atoms with Gasteiger partial charge in [-0.05, 0) is 34.4 Å². The quantitative estimate of drug-likeness (QED) is 0.895. The molecule has 0 bridgehead atoms. The lowest BCUT2D eigenvalue weighted by Gasteiger charge is -2.24. The molecule has 0 fully saturated rings. The number of carbonyl (C=O) groups is 1. The van der Waals surface area contributed by atoms with E-state index in [1.807, 2.05) is 0 Å². The molecule has 1 amide bonds. The molecule has 112 valence electrons. The second-order valence-electron chi connectivity index (χ2n) is 6.63. The lowest BCUT2D eigenvalue weighted by Crippen LogP contribution is -2.15. The molecule has 3 nitrogen and oxygen atoms in total. The van der Waals surface area contributed by atoms with Crippen LogP contribution in [0.25, 0.3) is 0 Å². The summed E-state index contributed by atoms with van der Waals surface area (Å²) in [7, 11) is 1.69. The van der Waals surface area contributed by atoms with Crippen LogP contribution in [0.3, 0.4) is 0 Å². The zero-order chi connectivity index (χ0) is 15.5. The summed E-state index contributed by atoms with van der Waals surface area (Å²) in [5, 5.41) is 0. The van der Waals surface area contributed by atoms with E-state index in [0.717, 1.165) is 11.3 Å². The Morgan fingerprint density at radius 1 is 1.30 bits per heavy atom. The highest BCUT2D eigenvalue weighted by molar-refractivity contribution is 5.74. The minimum absolute atomic E-state index is 0.0669. The van der Waals surface area contributed by atoms with Gasteiger partial charge in [0.25, 0.3) is 0 Å². The number of nitrogens with two attached hydrogens (primary N) is 1. The van der Waals surface area contributed by atoms with E-state index in [-0.39, 0.29) is 11.3 Å². The highest BCUT2D eigenvalue weighted by Crippen LogP contribution is 2.36. The molecule has 0 aliphatic heterocycles. The zero-order valence-electron chi connectivity index (χ0n) is 13.5. The molecule has 0 aromatic heterocycles. The Bertz CT molecular complexity index is 484. The molecule has 0 saturated carbocycles. The fourth-order valence-corrected chi connectivity index (χ4v) is 2.27. The number of methoxy groups -OCH3 is 1. The Labute approximate surface area is 122 Å². The zero-order valence-corrected chi connectivity index (χ0v) is 13.5. The summed E-state index contributed by atoms with van der Waals surface area (Å²) in [5.41, 5.74) is 8.87. The standard InChI is InChI=1S/C17H27NO2/c1-11(2)14-10-13(17(3,4)5)9-12(16(14)20-6)7-8-15(18)19/h9-11H,7-8H2,1-6H3,(H2,18,19). The number of hydrogen-bond acceptors (Lipinski definition) is 2. The largest absolute Gasteiger partial charge is 0.496 e. The van der Waals surface area contributed by atoms with Crippen molar-refractivity contribution in [1.29, 1.82) is 0 Å². The van der Waals surface area contributed by atoms with Gasteiger partial charge in [-0.25, -0.2) is 0 Å². The topological polar surface area (TPSA) is 52.3 Å². The highest BCUT2D eigenvalue weighted by atomic mass is 16.5. The van der Waals surface area contributed by atoms with Crippen LogP contribution in [0.2, 0.25) is 0 Å². The molecule has 2 N–H and O–H groups in total. The number of carbonyl (C=O) groups excluding carboxylic acids is 1. The van der Waals surface area contributed by atoms with Crippen LogP contribution in [0.15, 0.2) is 12.1 Å². The van der Waals surface area contributed by atoms with E-state index in [2.05, 4.69) is 46.8 Å². The Kier molecular flexibility index (Phi) is 5.21. The molecule has 0 aliphatic carbocycles. The number of ether oxygens (including phenoxy) is 1. The summed E-state index contributed by atoms with van der Waals surface area (Å²) >= 11 is 0. The molecule has 1 aromatic rings. The van der Waals surface area contributed by atoms with Gasteiger partial charge in [0, 0.05) is 6.42 Å². The third kappa shape index (κ3) is 3.99. The molecule has 0 heterocycles. The van der Waals surface area contributed by atoms with Crippen molar-refractivity contribution in [2.75, 3.05) is 7.11 Å². The van der Waals surface area contributed by atoms with Gasteiger partial charge >= 0.3 is 0 Å². The number of hydrogen-bond donors (Lipinski definition) is 1. The van der Waals surface area contributed by atoms with Gasteiger partial charge < -0.3 is 10.5 Å². The first kappa shape index (κ1) is 16.5. The summed E-state index contributed by atoms with van der Waals surface area (Å²) in [6, 6.07) is 4.37. The molecular formula is C17H27NO2. The number of primary amides is 1. The summed E-state index contributed by atoms with van der Waals surface area (Å²) < 4.78 is 5.59. The molecule has 3 heteroatoms. The van der Waals surface area contributed by atoms with Crippen LogP contribution in [-0.2, 0) is 16.6 Å². The molecule has 0 saturated heterocycles. The van der Waals surface area contributed by atoms with Gasteiger partial charge in [-0.3, -0.25) is 4.79 Å². The van der Waals surface area contributed by atoms with Crippen LogP contribution in [0, 0.1) is 0 Å². The number of aryl methyl sites for hydroxylation is 1. The summed E-state index contributed by atoms with van der Waals surface area (Å²) in [6.45, 7) is 10.9. The Balaban J connectivity index is 3.37. The van der Waals surface area contributed by atoms with Crippen LogP contribution >= 0.6 is 0 Å². The summed E-state index contributed by atoms with van der Waals surface area (Å²) in [6.07, 6.45) is 0.976. The van der Waals surface area contributed by atoms with Gasteiger partial charge in [0.05, 0.1) is 7.11 Å². The average Bonchev–Trinajstić information content (AvgIpc) is 2.33. The molecule has 0 unspecified atom stereocenters. The minimum atomic E-state index is -0.278. The predicted octanol–water partition coefficient (Wildman–Crippen LogP) is 3.53. The second-order valence-corrected chi connectivity index (χ2v) is 6.63. The van der Waals surface area contributed by atoms with Crippen LogP contribution in [0.1, 0.15) is 63.6 Å². The van der Waals surface area contributed by atoms with Crippen molar-refractivity contribution in [2.45, 2.75) is 58.8 Å². The van der Waals surface area contributed by atoms with Gasteiger partial charge in [-0.15, -0.1) is 0 Å². The van der Waals surface area contributed by atoms with Crippen molar-refractivity contribution < 1.29 is 9.53 Å². The van der Waals surface area contributed by atoms with Gasteiger partial charge in [0.1, 0.15) is 5.75 Å². The normalized spacial score (nSPS) is 11.8. The number of benzene rings is 1. The fourth-order valence-electron chi connectivity index (χ4n) is 2.27.